The minimum absolute atomic E-state index is 0.0441. The first-order valence-corrected chi connectivity index (χ1v) is 8.31. The second-order valence-electron chi connectivity index (χ2n) is 5.46. The van der Waals surface area contributed by atoms with Crippen LogP contribution in [0.3, 0.4) is 0 Å². The zero-order valence-corrected chi connectivity index (χ0v) is 14.9. The van der Waals surface area contributed by atoms with E-state index in [-0.39, 0.29) is 12.1 Å². The molecule has 2 aromatic rings. The van der Waals surface area contributed by atoms with Crippen LogP contribution in [0, 0.1) is 11.3 Å². The van der Waals surface area contributed by atoms with Gasteiger partial charge in [-0.05, 0) is 29.2 Å². The van der Waals surface area contributed by atoms with Crippen molar-refractivity contribution in [3.8, 4) is 6.07 Å². The molecule has 0 aliphatic rings. The Kier molecular flexibility index (Phi) is 6.64. The standard InChI is InChI=1S/C22H20N2O2/c1-4-18(21(15-23)24-26-22(25)5-2)20-14-10-9-13-19(20)16(3)17-11-7-6-8-12-17/h4,6-14H,3,5H2,1-2H3/b18-4+,24-21+. The summed E-state index contributed by atoms with van der Waals surface area (Å²) in [5, 5.41) is 13.2. The van der Waals surface area contributed by atoms with Gasteiger partial charge in [-0.3, -0.25) is 0 Å². The molecule has 0 spiro atoms. The molecular weight excluding hydrogens is 324 g/mol. The van der Waals surface area contributed by atoms with Gasteiger partial charge in [0.05, 0.1) is 0 Å². The molecule has 0 bridgehead atoms. The van der Waals surface area contributed by atoms with Gasteiger partial charge in [0.25, 0.3) is 0 Å². The molecule has 0 aromatic heterocycles. The van der Waals surface area contributed by atoms with Crippen LogP contribution in [-0.2, 0) is 9.63 Å². The average molecular weight is 344 g/mol. The number of oxime groups is 1. The van der Waals surface area contributed by atoms with Crippen LogP contribution in [-0.4, -0.2) is 11.7 Å². The van der Waals surface area contributed by atoms with Crippen LogP contribution in [0.25, 0.3) is 11.1 Å². The van der Waals surface area contributed by atoms with Crippen LogP contribution in [0.2, 0.25) is 0 Å². The van der Waals surface area contributed by atoms with Crippen molar-refractivity contribution in [2.45, 2.75) is 20.3 Å². The van der Waals surface area contributed by atoms with E-state index in [1.54, 1.807) is 13.0 Å². The molecule has 0 radical (unpaired) electrons. The van der Waals surface area contributed by atoms with E-state index in [2.05, 4.69) is 11.7 Å². The van der Waals surface area contributed by atoms with Crippen molar-refractivity contribution in [3.05, 3.63) is 83.9 Å². The van der Waals surface area contributed by atoms with Crippen LogP contribution in [0.5, 0.6) is 0 Å². The smallest absolute Gasteiger partial charge is 0.317 e. The molecule has 0 unspecified atom stereocenters. The molecule has 0 saturated heterocycles. The highest BCUT2D eigenvalue weighted by Crippen LogP contribution is 2.29. The van der Waals surface area contributed by atoms with Crippen LogP contribution >= 0.6 is 0 Å². The molecule has 4 heteroatoms. The van der Waals surface area contributed by atoms with E-state index in [0.717, 1.165) is 22.3 Å². The van der Waals surface area contributed by atoms with Crippen molar-refractivity contribution in [2.75, 3.05) is 0 Å². The first-order valence-electron chi connectivity index (χ1n) is 8.31. The minimum Gasteiger partial charge on any atom is -0.317 e. The third-order valence-corrected chi connectivity index (χ3v) is 3.84. The zero-order chi connectivity index (χ0) is 18.9. The minimum atomic E-state index is -0.491. The van der Waals surface area contributed by atoms with Crippen molar-refractivity contribution in [3.63, 3.8) is 0 Å². The third kappa shape index (κ3) is 4.34. The summed E-state index contributed by atoms with van der Waals surface area (Å²) < 4.78 is 0. The molecule has 0 saturated carbocycles. The van der Waals surface area contributed by atoms with E-state index in [0.29, 0.717) is 5.57 Å². The maximum atomic E-state index is 11.4. The quantitative estimate of drug-likeness (QED) is 0.421. The fraction of sp³-hybridized carbons (Fsp3) is 0.136. The lowest BCUT2D eigenvalue weighted by atomic mass is 9.90. The number of hydrogen-bond acceptors (Lipinski definition) is 4. The summed E-state index contributed by atoms with van der Waals surface area (Å²) in [5.74, 6) is -0.491. The molecule has 2 aromatic carbocycles. The number of allylic oxidation sites excluding steroid dienone is 2. The fourth-order valence-corrected chi connectivity index (χ4v) is 2.49. The van der Waals surface area contributed by atoms with Gasteiger partial charge < -0.3 is 4.84 Å². The van der Waals surface area contributed by atoms with Crippen LogP contribution in [0.1, 0.15) is 37.0 Å². The number of hydrogen-bond donors (Lipinski definition) is 0. The van der Waals surface area contributed by atoms with Crippen molar-refractivity contribution >= 4 is 22.8 Å². The molecule has 4 nitrogen and oxygen atoms in total. The second kappa shape index (κ2) is 9.14. The summed E-state index contributed by atoms with van der Waals surface area (Å²) in [4.78, 5) is 16.2. The number of rotatable bonds is 6. The molecule has 0 aliphatic heterocycles. The predicted molar refractivity (Wildman–Crippen MR) is 104 cm³/mol. The highest BCUT2D eigenvalue weighted by Gasteiger charge is 2.16. The Balaban J connectivity index is 2.48. The Morgan fingerprint density at radius 2 is 1.77 bits per heavy atom. The van der Waals surface area contributed by atoms with Crippen molar-refractivity contribution < 1.29 is 9.63 Å². The maximum Gasteiger partial charge on any atom is 0.334 e. The summed E-state index contributed by atoms with van der Waals surface area (Å²) >= 11 is 0. The first kappa shape index (κ1) is 18.9. The third-order valence-electron chi connectivity index (χ3n) is 3.84. The lowest BCUT2D eigenvalue weighted by molar-refractivity contribution is -0.143. The number of benzene rings is 2. The lowest BCUT2D eigenvalue weighted by Gasteiger charge is -2.14. The molecule has 0 atom stereocenters. The van der Waals surface area contributed by atoms with Gasteiger partial charge in [-0.25, -0.2) is 4.79 Å². The summed E-state index contributed by atoms with van der Waals surface area (Å²) in [5.41, 5.74) is 4.15. The normalized spacial score (nSPS) is 11.6. The largest absolute Gasteiger partial charge is 0.334 e. The number of carbonyl (C=O) groups is 1. The van der Waals surface area contributed by atoms with Gasteiger partial charge in [-0.2, -0.15) is 5.26 Å². The molecule has 0 aliphatic carbocycles. The average Bonchev–Trinajstić information content (AvgIpc) is 2.71. The number of nitriles is 1. The number of carbonyl (C=O) groups excluding carboxylic acids is 1. The van der Waals surface area contributed by atoms with Crippen molar-refractivity contribution in [1.29, 1.82) is 5.26 Å². The summed E-state index contributed by atoms with van der Waals surface area (Å²) in [6.07, 6.45) is 1.97. The zero-order valence-electron chi connectivity index (χ0n) is 14.9. The second-order valence-corrected chi connectivity index (χ2v) is 5.46. The van der Waals surface area contributed by atoms with Crippen LogP contribution in [0.4, 0.5) is 0 Å². The fourth-order valence-electron chi connectivity index (χ4n) is 2.49. The van der Waals surface area contributed by atoms with Crippen molar-refractivity contribution in [2.24, 2.45) is 5.16 Å². The summed E-state index contributed by atoms with van der Waals surface area (Å²) in [7, 11) is 0. The monoisotopic (exact) mass is 344 g/mol. The van der Waals surface area contributed by atoms with Gasteiger partial charge >= 0.3 is 5.97 Å². The summed E-state index contributed by atoms with van der Waals surface area (Å²) in [6, 6.07) is 19.5. The van der Waals surface area contributed by atoms with E-state index >= 15 is 0 Å². The molecule has 26 heavy (non-hydrogen) atoms. The van der Waals surface area contributed by atoms with Crippen molar-refractivity contribution in [1.82, 2.24) is 0 Å². The van der Waals surface area contributed by atoms with Gasteiger partial charge in [-0.1, -0.05) is 79.3 Å². The Bertz CT molecular complexity index is 903. The topological polar surface area (TPSA) is 62.4 Å². The van der Waals surface area contributed by atoms with Gasteiger partial charge in [0.2, 0.25) is 0 Å². The van der Waals surface area contributed by atoms with Gasteiger partial charge in [-0.15, -0.1) is 0 Å². The van der Waals surface area contributed by atoms with Crippen LogP contribution in [0.15, 0.2) is 72.4 Å². The van der Waals surface area contributed by atoms with E-state index in [1.165, 1.54) is 0 Å². The van der Waals surface area contributed by atoms with Gasteiger partial charge in [0, 0.05) is 12.0 Å². The molecule has 0 heterocycles. The van der Waals surface area contributed by atoms with E-state index in [4.69, 9.17) is 4.84 Å². The molecular formula is C22H20N2O2. The van der Waals surface area contributed by atoms with E-state index in [9.17, 15) is 10.1 Å². The molecule has 2 rings (SSSR count). The first-order chi connectivity index (χ1) is 12.6. The van der Waals surface area contributed by atoms with Gasteiger partial charge in [0.1, 0.15) is 6.07 Å². The van der Waals surface area contributed by atoms with E-state index < -0.39 is 5.97 Å². The molecule has 0 amide bonds. The Labute approximate surface area is 153 Å². The summed E-state index contributed by atoms with van der Waals surface area (Å²) in [6.45, 7) is 7.69. The van der Waals surface area contributed by atoms with E-state index in [1.807, 2.05) is 67.6 Å². The Hall–Kier alpha value is -3.45. The van der Waals surface area contributed by atoms with Crippen LogP contribution < -0.4 is 0 Å². The predicted octanol–water partition coefficient (Wildman–Crippen LogP) is 4.98. The Morgan fingerprint density at radius 3 is 2.35 bits per heavy atom. The highest BCUT2D eigenvalue weighted by atomic mass is 16.7. The molecule has 0 fully saturated rings. The molecule has 0 N–H and O–H groups in total. The van der Waals surface area contributed by atoms with Gasteiger partial charge in [0.15, 0.2) is 5.71 Å². The number of nitrogens with zero attached hydrogens (tertiary/aromatic N) is 2. The maximum absolute atomic E-state index is 11.4. The highest BCUT2D eigenvalue weighted by molar-refractivity contribution is 6.31. The lowest BCUT2D eigenvalue weighted by Crippen LogP contribution is -2.06. The molecule has 130 valence electrons. The Morgan fingerprint density at radius 1 is 1.15 bits per heavy atom. The SMILES string of the molecule is C=C(c1ccccc1)c1ccccc1C(=C\C)/C(C#N)=N/OC(=O)CC.